The number of nitrogens with zero attached hydrogens (tertiary/aromatic N) is 1. The highest BCUT2D eigenvalue weighted by molar-refractivity contribution is 6.22. The molecule has 2 aromatic carbocycles. The van der Waals surface area contributed by atoms with E-state index < -0.39 is 35.8 Å². The van der Waals surface area contributed by atoms with Crippen molar-refractivity contribution in [1.82, 2.24) is 4.90 Å². The monoisotopic (exact) mass is 394 g/mol. The van der Waals surface area contributed by atoms with Gasteiger partial charge >= 0.3 is 5.97 Å². The molecule has 0 aromatic heterocycles. The van der Waals surface area contributed by atoms with Gasteiger partial charge in [-0.1, -0.05) is 56.3 Å². The number of carbonyl (C=O) groups excluding carboxylic acids is 4. The molecule has 2 atom stereocenters. The number of primary amides is 1. The first-order chi connectivity index (χ1) is 13.8. The van der Waals surface area contributed by atoms with E-state index in [0.29, 0.717) is 5.56 Å². The van der Waals surface area contributed by atoms with Crippen molar-refractivity contribution in [3.63, 3.8) is 0 Å². The van der Waals surface area contributed by atoms with Gasteiger partial charge in [0.2, 0.25) is 6.10 Å². The molecule has 2 unspecified atom stereocenters. The third-order valence-corrected chi connectivity index (χ3v) is 4.70. The van der Waals surface area contributed by atoms with E-state index in [9.17, 15) is 19.2 Å². The van der Waals surface area contributed by atoms with Crippen LogP contribution in [0.3, 0.4) is 0 Å². The number of hydrogen-bond acceptors (Lipinski definition) is 5. The predicted octanol–water partition coefficient (Wildman–Crippen LogP) is 2.47. The Balaban J connectivity index is 1.91. The van der Waals surface area contributed by atoms with Gasteiger partial charge in [0.15, 0.2) is 0 Å². The van der Waals surface area contributed by atoms with Crippen LogP contribution in [0.5, 0.6) is 0 Å². The van der Waals surface area contributed by atoms with E-state index in [4.69, 9.17) is 10.5 Å². The number of carbonyl (C=O) groups is 4. The molecule has 3 amide bonds. The second kappa shape index (κ2) is 8.26. The standard InChI is InChI=1S/C22H22N2O5/c1-13(2)12-17(24-20(26)15-10-6-7-11-16(15)21(24)27)22(28)29-18(19(23)25)14-8-4-3-5-9-14/h3-11,13,17-18H,12H2,1-2H3,(H2,23,25). The van der Waals surface area contributed by atoms with Crippen molar-refractivity contribution in [1.29, 1.82) is 0 Å². The normalized spacial score (nSPS) is 15.2. The molecule has 3 rings (SSSR count). The number of nitrogens with two attached hydrogens (primary N) is 1. The summed E-state index contributed by atoms with van der Waals surface area (Å²) in [5.74, 6) is -2.80. The lowest BCUT2D eigenvalue weighted by molar-refractivity contribution is -0.159. The smallest absolute Gasteiger partial charge is 0.330 e. The van der Waals surface area contributed by atoms with E-state index in [2.05, 4.69) is 0 Å². The number of fused-ring (bicyclic) bond motifs is 1. The summed E-state index contributed by atoms with van der Waals surface area (Å²) < 4.78 is 5.41. The fourth-order valence-electron chi connectivity index (χ4n) is 3.36. The largest absolute Gasteiger partial charge is 0.446 e. The molecule has 1 aliphatic rings. The Kier molecular flexibility index (Phi) is 5.77. The van der Waals surface area contributed by atoms with E-state index >= 15 is 0 Å². The van der Waals surface area contributed by atoms with Crippen LogP contribution in [0.15, 0.2) is 54.6 Å². The Morgan fingerprint density at radius 1 is 0.931 bits per heavy atom. The zero-order chi connectivity index (χ0) is 21.1. The van der Waals surface area contributed by atoms with Crippen LogP contribution in [-0.4, -0.2) is 34.6 Å². The van der Waals surface area contributed by atoms with Crippen molar-refractivity contribution in [2.75, 3.05) is 0 Å². The van der Waals surface area contributed by atoms with Crippen LogP contribution >= 0.6 is 0 Å². The van der Waals surface area contributed by atoms with Crippen LogP contribution in [0.4, 0.5) is 0 Å². The maximum Gasteiger partial charge on any atom is 0.330 e. The fourth-order valence-corrected chi connectivity index (χ4v) is 3.36. The van der Waals surface area contributed by atoms with Crippen LogP contribution in [0, 0.1) is 5.92 Å². The minimum atomic E-state index is -1.31. The van der Waals surface area contributed by atoms with Crippen molar-refractivity contribution in [3.8, 4) is 0 Å². The molecule has 1 heterocycles. The van der Waals surface area contributed by atoms with Gasteiger partial charge in [-0.25, -0.2) is 4.79 Å². The summed E-state index contributed by atoms with van der Waals surface area (Å²) in [4.78, 5) is 51.5. The Morgan fingerprint density at radius 3 is 1.93 bits per heavy atom. The number of hydrogen-bond donors (Lipinski definition) is 1. The summed E-state index contributed by atoms with van der Waals surface area (Å²) in [5, 5.41) is 0. The molecular weight excluding hydrogens is 372 g/mol. The van der Waals surface area contributed by atoms with Crippen LogP contribution in [0.25, 0.3) is 0 Å². The zero-order valence-corrected chi connectivity index (χ0v) is 16.2. The van der Waals surface area contributed by atoms with Gasteiger partial charge in [0.25, 0.3) is 17.7 Å². The molecule has 0 bridgehead atoms. The summed E-state index contributed by atoms with van der Waals surface area (Å²) in [5.41, 5.74) is 6.34. The maximum atomic E-state index is 13.0. The molecule has 0 fully saturated rings. The second-order valence-corrected chi connectivity index (χ2v) is 7.30. The van der Waals surface area contributed by atoms with Gasteiger partial charge in [-0.05, 0) is 24.5 Å². The van der Waals surface area contributed by atoms with Gasteiger partial charge in [-0.2, -0.15) is 0 Å². The first kappa shape index (κ1) is 20.3. The molecule has 0 aliphatic carbocycles. The van der Waals surface area contributed by atoms with E-state index in [1.807, 2.05) is 13.8 Å². The van der Waals surface area contributed by atoms with Gasteiger partial charge < -0.3 is 10.5 Å². The highest BCUT2D eigenvalue weighted by Gasteiger charge is 2.44. The van der Waals surface area contributed by atoms with E-state index in [0.717, 1.165) is 4.90 Å². The van der Waals surface area contributed by atoms with Crippen molar-refractivity contribution in [2.24, 2.45) is 11.7 Å². The Labute approximate surface area is 168 Å². The molecule has 2 N–H and O–H groups in total. The number of rotatable bonds is 7. The average molecular weight is 394 g/mol. The molecule has 1 aliphatic heterocycles. The van der Waals surface area contributed by atoms with Crippen molar-refractivity contribution in [3.05, 3.63) is 71.3 Å². The summed E-state index contributed by atoms with van der Waals surface area (Å²) in [6.07, 6.45) is -1.11. The van der Waals surface area contributed by atoms with Crippen LogP contribution in [0.1, 0.15) is 52.7 Å². The van der Waals surface area contributed by atoms with Crippen LogP contribution in [0.2, 0.25) is 0 Å². The van der Waals surface area contributed by atoms with E-state index in [1.54, 1.807) is 54.6 Å². The summed E-state index contributed by atoms with van der Waals surface area (Å²) >= 11 is 0. The van der Waals surface area contributed by atoms with Crippen molar-refractivity contribution >= 4 is 23.7 Å². The average Bonchev–Trinajstić information content (AvgIpc) is 2.95. The fraction of sp³-hybridized carbons (Fsp3) is 0.273. The highest BCUT2D eigenvalue weighted by atomic mass is 16.5. The Hall–Kier alpha value is -3.48. The van der Waals surface area contributed by atoms with Gasteiger partial charge in [0.1, 0.15) is 6.04 Å². The molecule has 0 radical (unpaired) electrons. The SMILES string of the molecule is CC(C)CC(C(=O)OC(C(N)=O)c1ccccc1)N1C(=O)c2ccccc2C1=O. The summed E-state index contributed by atoms with van der Waals surface area (Å²) in [7, 11) is 0. The van der Waals surface area contributed by atoms with Crippen LogP contribution in [-0.2, 0) is 14.3 Å². The number of esters is 1. The maximum absolute atomic E-state index is 13.0. The third-order valence-electron chi connectivity index (χ3n) is 4.70. The molecule has 150 valence electrons. The molecule has 29 heavy (non-hydrogen) atoms. The minimum absolute atomic E-state index is 0.0133. The van der Waals surface area contributed by atoms with Gasteiger partial charge in [0.05, 0.1) is 11.1 Å². The zero-order valence-electron chi connectivity index (χ0n) is 16.2. The first-order valence-corrected chi connectivity index (χ1v) is 9.33. The van der Waals surface area contributed by atoms with Gasteiger partial charge in [-0.15, -0.1) is 0 Å². The lowest BCUT2D eigenvalue weighted by Gasteiger charge is -2.27. The third kappa shape index (κ3) is 4.03. The summed E-state index contributed by atoms with van der Waals surface area (Å²) in [6, 6.07) is 13.6. The van der Waals surface area contributed by atoms with Gasteiger partial charge in [0, 0.05) is 5.56 Å². The molecule has 7 heteroatoms. The van der Waals surface area contributed by atoms with Crippen molar-refractivity contribution < 1.29 is 23.9 Å². The molecule has 0 spiro atoms. The molecule has 0 saturated heterocycles. The van der Waals surface area contributed by atoms with Gasteiger partial charge in [-0.3, -0.25) is 19.3 Å². The number of amides is 3. The first-order valence-electron chi connectivity index (χ1n) is 9.33. The van der Waals surface area contributed by atoms with E-state index in [1.165, 1.54) is 0 Å². The molecule has 0 saturated carbocycles. The molecule has 2 aromatic rings. The number of ether oxygens (including phenoxy) is 1. The predicted molar refractivity (Wildman–Crippen MR) is 105 cm³/mol. The summed E-state index contributed by atoms with van der Waals surface area (Å²) in [6.45, 7) is 3.72. The highest BCUT2D eigenvalue weighted by Crippen LogP contribution is 2.28. The van der Waals surface area contributed by atoms with Crippen LogP contribution < -0.4 is 5.73 Å². The lowest BCUT2D eigenvalue weighted by Crippen LogP contribution is -2.47. The second-order valence-electron chi connectivity index (χ2n) is 7.30. The van der Waals surface area contributed by atoms with Crippen molar-refractivity contribution in [2.45, 2.75) is 32.4 Å². The number of imide groups is 1. The lowest BCUT2D eigenvalue weighted by atomic mass is 10.0. The quantitative estimate of drug-likeness (QED) is 0.573. The molecular formula is C22H22N2O5. The minimum Gasteiger partial charge on any atom is -0.446 e. The Morgan fingerprint density at radius 2 is 1.45 bits per heavy atom. The molecule has 7 nitrogen and oxygen atoms in total. The topological polar surface area (TPSA) is 107 Å². The Bertz CT molecular complexity index is 920. The number of benzene rings is 2. The van der Waals surface area contributed by atoms with E-state index in [-0.39, 0.29) is 23.5 Å².